The number of carbonyl (C=O) groups is 3. The van der Waals surface area contributed by atoms with Gasteiger partial charge in [0.15, 0.2) is 0 Å². The van der Waals surface area contributed by atoms with E-state index in [-0.39, 0.29) is 17.7 Å². The molecule has 0 aliphatic carbocycles. The summed E-state index contributed by atoms with van der Waals surface area (Å²) in [4.78, 5) is 54.1. The van der Waals surface area contributed by atoms with Crippen molar-refractivity contribution in [1.82, 2.24) is 19.9 Å². The van der Waals surface area contributed by atoms with Crippen molar-refractivity contribution in [3.05, 3.63) is 217 Å². The van der Waals surface area contributed by atoms with Crippen LogP contribution in [0.3, 0.4) is 0 Å². The predicted molar refractivity (Wildman–Crippen MR) is 309 cm³/mol. The van der Waals surface area contributed by atoms with Crippen LogP contribution in [0, 0.1) is 0 Å². The maximum atomic E-state index is 11.8. The summed E-state index contributed by atoms with van der Waals surface area (Å²) in [6.07, 6.45) is 20.1. The van der Waals surface area contributed by atoms with Crippen LogP contribution in [0.1, 0.15) is 41.5 Å². The van der Waals surface area contributed by atoms with Crippen LogP contribution in [-0.2, 0) is 40.1 Å². The highest BCUT2D eigenvalue weighted by Crippen LogP contribution is 2.36. The Hall–Kier alpha value is -9.26. The topological polar surface area (TPSA) is 142 Å². The van der Waals surface area contributed by atoms with Crippen molar-refractivity contribution in [3.63, 3.8) is 0 Å². The first kappa shape index (κ1) is 49.0. The average Bonchev–Trinajstić information content (AvgIpc) is 3.86. The number of aromatic nitrogens is 4. The zero-order valence-corrected chi connectivity index (χ0v) is 42.6. The van der Waals surface area contributed by atoms with Gasteiger partial charge in [0.05, 0.1) is 11.4 Å². The van der Waals surface area contributed by atoms with E-state index >= 15 is 0 Å². The number of carbonyl (C=O) groups excluding carboxylic acids is 3. The molecule has 0 saturated carbocycles. The summed E-state index contributed by atoms with van der Waals surface area (Å²) in [7, 11) is 1.85. The SMILES string of the molecule is CN1C(=O)CCc2cc(-c3cncc4ccccc34)ccc21.O=C1CCc2cc(-c3cncc4ccccc34)ccc2N1.O=C1Cc2cc(-c3cccnc3)ccc2N1.S=C1CCc2cc(-c3cccnc3)ccc2N1. The van der Waals surface area contributed by atoms with Gasteiger partial charge in [0.1, 0.15) is 0 Å². The Balaban J connectivity index is 0.000000109. The van der Waals surface area contributed by atoms with Crippen LogP contribution < -0.4 is 20.9 Å². The van der Waals surface area contributed by atoms with E-state index in [0.29, 0.717) is 19.3 Å². The first-order valence-corrected chi connectivity index (χ1v) is 25.8. The molecule has 11 nitrogen and oxygen atoms in total. The molecule has 3 amide bonds. The van der Waals surface area contributed by atoms with E-state index in [0.717, 1.165) is 109 Å². The molecule has 4 aliphatic rings. The average molecular weight is 1010 g/mol. The first-order chi connectivity index (χ1) is 37.2. The van der Waals surface area contributed by atoms with E-state index in [9.17, 15) is 14.4 Å². The third-order valence-electron chi connectivity index (χ3n) is 14.1. The van der Waals surface area contributed by atoms with Gasteiger partial charge in [-0.15, -0.1) is 0 Å². The van der Waals surface area contributed by atoms with Crippen LogP contribution in [0.15, 0.2) is 195 Å². The van der Waals surface area contributed by atoms with Crippen LogP contribution in [0.4, 0.5) is 22.7 Å². The molecule has 3 N–H and O–H groups in total. The molecule has 8 heterocycles. The number of thiocarbonyl (C=S) groups is 1. The van der Waals surface area contributed by atoms with Crippen molar-refractivity contribution < 1.29 is 14.4 Å². The van der Waals surface area contributed by atoms with Gasteiger partial charge in [-0.25, -0.2) is 0 Å². The van der Waals surface area contributed by atoms with Gasteiger partial charge in [0.2, 0.25) is 17.7 Å². The molecular weight excluding hydrogens is 961 g/mol. The lowest BCUT2D eigenvalue weighted by Crippen LogP contribution is -2.30. The van der Waals surface area contributed by atoms with Crippen LogP contribution in [0.5, 0.6) is 0 Å². The zero-order chi connectivity index (χ0) is 52.0. The summed E-state index contributed by atoms with van der Waals surface area (Å²) in [5, 5.41) is 13.7. The Morgan fingerprint density at radius 2 is 0.921 bits per heavy atom. The Morgan fingerprint density at radius 3 is 1.54 bits per heavy atom. The lowest BCUT2D eigenvalue weighted by molar-refractivity contribution is -0.118. The molecule has 0 fully saturated rings. The predicted octanol–water partition coefficient (Wildman–Crippen LogP) is 13.3. The normalized spacial score (nSPS) is 13.9. The summed E-state index contributed by atoms with van der Waals surface area (Å²) in [5.41, 5.74) is 18.0. The van der Waals surface area contributed by atoms with Gasteiger partial charge in [-0.1, -0.05) is 97.1 Å². The molecule has 12 heteroatoms. The smallest absolute Gasteiger partial charge is 0.228 e. The summed E-state index contributed by atoms with van der Waals surface area (Å²) in [6, 6.07) is 49.5. The fourth-order valence-electron chi connectivity index (χ4n) is 10.1. The number of hydrogen-bond donors (Lipinski definition) is 3. The number of fused-ring (bicyclic) bond motifs is 6. The van der Waals surface area contributed by atoms with Crippen molar-refractivity contribution >= 4 is 79.2 Å². The van der Waals surface area contributed by atoms with E-state index in [1.807, 2.05) is 117 Å². The van der Waals surface area contributed by atoms with Gasteiger partial charge in [-0.2, -0.15) is 0 Å². The molecule has 76 heavy (non-hydrogen) atoms. The lowest BCUT2D eigenvalue weighted by atomic mass is 9.95. The van der Waals surface area contributed by atoms with Crippen molar-refractivity contribution in [1.29, 1.82) is 0 Å². The van der Waals surface area contributed by atoms with E-state index in [2.05, 4.69) is 109 Å². The molecule has 14 rings (SSSR count). The standard InChI is InChI=1S/C19H16N2O.C18H14N2O.C14H12N2S.C13H10N2O/c1-21-18-8-6-13(10-14(18)7-9-19(21)22)17-12-20-11-15-4-2-3-5-16(15)17;21-18-8-6-13-9-12(5-7-17(13)20-18)16-11-19-10-14-3-1-2-4-15(14)16;17-14-6-4-11-8-10(3-5-13(11)16-14)12-2-1-7-15-9-12;16-13-7-11-6-9(3-4-12(11)15-13)10-2-1-5-14-8-10/h2-6,8,10-12H,7,9H2,1H3;1-5,7,9-11H,6,8H2,(H,20,21);1-3,5,7-9H,4,6H2,(H,16,17);1-6,8H,7H2,(H,15,16). The van der Waals surface area contributed by atoms with Crippen LogP contribution in [0.25, 0.3) is 66.1 Å². The number of nitrogens with zero attached hydrogens (tertiary/aromatic N) is 5. The third-order valence-corrected chi connectivity index (χ3v) is 14.4. The van der Waals surface area contributed by atoms with Crippen molar-refractivity contribution in [3.8, 4) is 44.5 Å². The molecule has 6 aromatic carbocycles. The fourth-order valence-corrected chi connectivity index (χ4v) is 10.3. The summed E-state index contributed by atoms with van der Waals surface area (Å²) >= 11 is 5.19. The number of aryl methyl sites for hydroxylation is 3. The van der Waals surface area contributed by atoms with Gasteiger partial charge >= 0.3 is 0 Å². The van der Waals surface area contributed by atoms with Crippen LogP contribution in [0.2, 0.25) is 0 Å². The first-order valence-electron chi connectivity index (χ1n) is 25.4. The molecule has 0 saturated heterocycles. The quantitative estimate of drug-likeness (QED) is 0.147. The van der Waals surface area contributed by atoms with Crippen molar-refractivity contribution in [2.24, 2.45) is 0 Å². The maximum absolute atomic E-state index is 11.8. The molecule has 4 aliphatic heterocycles. The Bertz CT molecular complexity index is 3840. The second-order valence-corrected chi connectivity index (χ2v) is 19.5. The van der Waals surface area contributed by atoms with E-state index in [4.69, 9.17) is 12.2 Å². The van der Waals surface area contributed by atoms with Gasteiger partial charge in [0, 0.05) is 121 Å². The zero-order valence-electron chi connectivity index (χ0n) is 41.8. The third kappa shape index (κ3) is 10.8. The number of amides is 3. The minimum absolute atomic E-state index is 0.0679. The highest BCUT2D eigenvalue weighted by molar-refractivity contribution is 7.80. The highest BCUT2D eigenvalue weighted by Gasteiger charge is 2.22. The molecule has 0 atom stereocenters. The molecule has 10 aromatic rings. The van der Waals surface area contributed by atoms with E-state index < -0.39 is 0 Å². The molecular formula is C64H52N8O3S. The number of nitrogens with one attached hydrogen (secondary N) is 3. The van der Waals surface area contributed by atoms with Gasteiger partial charge in [-0.3, -0.25) is 34.3 Å². The monoisotopic (exact) mass is 1010 g/mol. The Morgan fingerprint density at radius 1 is 0.421 bits per heavy atom. The number of benzene rings is 6. The maximum Gasteiger partial charge on any atom is 0.228 e. The Labute approximate surface area is 446 Å². The minimum Gasteiger partial charge on any atom is -0.350 e. The number of pyridine rings is 4. The van der Waals surface area contributed by atoms with Crippen molar-refractivity contribution in [2.75, 3.05) is 27.9 Å². The Kier molecular flexibility index (Phi) is 14.2. The highest BCUT2D eigenvalue weighted by atomic mass is 32.1. The van der Waals surface area contributed by atoms with Gasteiger partial charge in [0.25, 0.3) is 0 Å². The van der Waals surface area contributed by atoms with Crippen LogP contribution >= 0.6 is 12.2 Å². The number of rotatable bonds is 4. The van der Waals surface area contributed by atoms with Gasteiger partial charge < -0.3 is 20.9 Å². The molecule has 0 bridgehead atoms. The van der Waals surface area contributed by atoms with E-state index in [1.54, 1.807) is 17.3 Å². The second-order valence-electron chi connectivity index (χ2n) is 19.0. The molecule has 0 unspecified atom stereocenters. The van der Waals surface area contributed by atoms with Gasteiger partial charge in [-0.05, 0) is 146 Å². The second kappa shape index (κ2) is 22.1. The summed E-state index contributed by atoms with van der Waals surface area (Å²) < 4.78 is 0. The largest absolute Gasteiger partial charge is 0.350 e. The molecule has 0 spiro atoms. The summed E-state index contributed by atoms with van der Waals surface area (Å²) in [5.74, 6) is 0.354. The number of hydrogen-bond acceptors (Lipinski definition) is 8. The van der Waals surface area contributed by atoms with Crippen LogP contribution in [-0.4, -0.2) is 49.7 Å². The van der Waals surface area contributed by atoms with E-state index in [1.165, 1.54) is 33.0 Å². The molecule has 4 aromatic heterocycles. The molecule has 0 radical (unpaired) electrons. The van der Waals surface area contributed by atoms with Crippen molar-refractivity contribution in [2.45, 2.75) is 44.9 Å². The molecule has 372 valence electrons. The minimum atomic E-state index is 0.0679. The lowest BCUT2D eigenvalue weighted by Gasteiger charge is -2.26. The fraction of sp³-hybridized carbons (Fsp3) is 0.125. The number of anilines is 4. The summed E-state index contributed by atoms with van der Waals surface area (Å²) in [6.45, 7) is 0.